The van der Waals surface area contributed by atoms with Crippen LogP contribution in [0.15, 0.2) is 64.8 Å². The van der Waals surface area contributed by atoms with Gasteiger partial charge in [0.1, 0.15) is 4.90 Å². The van der Waals surface area contributed by atoms with Crippen LogP contribution in [-0.4, -0.2) is 40.3 Å². The Labute approximate surface area is 151 Å². The van der Waals surface area contributed by atoms with Crippen LogP contribution >= 0.6 is 0 Å². The number of benzene rings is 1. The summed E-state index contributed by atoms with van der Waals surface area (Å²) in [5, 5.41) is 0.544. The standard InChI is InChI=1S/C18H18N4O3S/c23-18-16-7-1-2-8-17(16)20-13-22(18)14-5-4-10-21(12-14)26(24,25)15-6-3-9-19-11-15/h1-3,6-9,11,13-14H,4-5,10,12H2/t14-/m1/s1. The Bertz CT molecular complexity index is 1100. The summed E-state index contributed by atoms with van der Waals surface area (Å²) < 4.78 is 28.7. The fourth-order valence-electron chi connectivity index (χ4n) is 3.36. The lowest BCUT2D eigenvalue weighted by Gasteiger charge is -2.32. The summed E-state index contributed by atoms with van der Waals surface area (Å²) in [5.74, 6) is 0. The molecule has 1 fully saturated rings. The van der Waals surface area contributed by atoms with Gasteiger partial charge in [0.15, 0.2) is 0 Å². The molecular weight excluding hydrogens is 352 g/mol. The van der Waals surface area contributed by atoms with Crippen molar-refractivity contribution >= 4 is 20.9 Å². The third-order valence-corrected chi connectivity index (χ3v) is 6.56. The van der Waals surface area contributed by atoms with E-state index in [2.05, 4.69) is 9.97 Å². The first kappa shape index (κ1) is 16.9. The van der Waals surface area contributed by atoms with Crippen molar-refractivity contribution in [2.75, 3.05) is 13.1 Å². The van der Waals surface area contributed by atoms with Crippen LogP contribution < -0.4 is 5.56 Å². The first-order valence-electron chi connectivity index (χ1n) is 8.43. The number of fused-ring (bicyclic) bond motifs is 1. The Morgan fingerprint density at radius 1 is 1.12 bits per heavy atom. The predicted molar refractivity (Wildman–Crippen MR) is 97.3 cm³/mol. The maximum atomic E-state index is 12.8. The second-order valence-electron chi connectivity index (χ2n) is 6.32. The van der Waals surface area contributed by atoms with Crippen LogP contribution in [0.1, 0.15) is 18.9 Å². The Morgan fingerprint density at radius 2 is 1.96 bits per heavy atom. The normalized spacial score (nSPS) is 18.8. The Hall–Kier alpha value is -2.58. The lowest BCUT2D eigenvalue weighted by Crippen LogP contribution is -2.42. The van der Waals surface area contributed by atoms with E-state index in [0.717, 1.165) is 6.42 Å². The zero-order valence-electron chi connectivity index (χ0n) is 14.0. The molecule has 26 heavy (non-hydrogen) atoms. The minimum atomic E-state index is -3.62. The van der Waals surface area contributed by atoms with Crippen LogP contribution in [0.5, 0.6) is 0 Å². The molecule has 1 aliphatic rings. The largest absolute Gasteiger partial charge is 0.294 e. The topological polar surface area (TPSA) is 85.2 Å². The number of hydrogen-bond donors (Lipinski definition) is 0. The van der Waals surface area contributed by atoms with Crippen molar-refractivity contribution in [3.63, 3.8) is 0 Å². The molecule has 8 heteroatoms. The molecule has 1 aromatic carbocycles. The van der Waals surface area contributed by atoms with E-state index in [1.54, 1.807) is 35.0 Å². The molecule has 0 unspecified atom stereocenters. The van der Waals surface area contributed by atoms with Gasteiger partial charge in [-0.15, -0.1) is 0 Å². The minimum absolute atomic E-state index is 0.138. The highest BCUT2D eigenvalue weighted by molar-refractivity contribution is 7.89. The quantitative estimate of drug-likeness (QED) is 0.702. The van der Waals surface area contributed by atoms with E-state index in [9.17, 15) is 13.2 Å². The van der Waals surface area contributed by atoms with Crippen molar-refractivity contribution < 1.29 is 8.42 Å². The number of nitrogens with zero attached hydrogens (tertiary/aromatic N) is 4. The van der Waals surface area contributed by atoms with Crippen molar-refractivity contribution in [2.45, 2.75) is 23.8 Å². The number of para-hydroxylation sites is 1. The molecule has 0 bridgehead atoms. The Balaban J connectivity index is 1.68. The molecule has 1 aliphatic heterocycles. The fourth-order valence-corrected chi connectivity index (χ4v) is 4.84. The van der Waals surface area contributed by atoms with Gasteiger partial charge in [-0.1, -0.05) is 12.1 Å². The van der Waals surface area contributed by atoms with Crippen LogP contribution in [0.4, 0.5) is 0 Å². The highest BCUT2D eigenvalue weighted by Gasteiger charge is 2.31. The highest BCUT2D eigenvalue weighted by Crippen LogP contribution is 2.25. The van der Waals surface area contributed by atoms with Crippen LogP contribution in [0.2, 0.25) is 0 Å². The van der Waals surface area contributed by atoms with E-state index >= 15 is 0 Å². The average Bonchev–Trinajstić information content (AvgIpc) is 2.69. The SMILES string of the molecule is O=c1c2ccccc2ncn1[C@@H]1CCCN(S(=O)(=O)c2cccnc2)C1. The molecule has 7 nitrogen and oxygen atoms in total. The minimum Gasteiger partial charge on any atom is -0.294 e. The molecular formula is C18H18N4O3S. The zero-order chi connectivity index (χ0) is 18.1. The van der Waals surface area contributed by atoms with Crippen LogP contribution in [0, 0.1) is 0 Å². The van der Waals surface area contributed by atoms with Gasteiger partial charge in [0.2, 0.25) is 10.0 Å². The summed E-state index contributed by atoms with van der Waals surface area (Å²) in [5.41, 5.74) is 0.505. The van der Waals surface area contributed by atoms with Gasteiger partial charge >= 0.3 is 0 Å². The number of hydrogen-bond acceptors (Lipinski definition) is 5. The van der Waals surface area contributed by atoms with Gasteiger partial charge in [0, 0.05) is 25.5 Å². The molecule has 0 N–H and O–H groups in total. The molecule has 2 aromatic heterocycles. The second kappa shape index (κ2) is 6.62. The van der Waals surface area contributed by atoms with Gasteiger partial charge in [0.05, 0.1) is 23.3 Å². The highest BCUT2D eigenvalue weighted by atomic mass is 32.2. The first-order valence-corrected chi connectivity index (χ1v) is 9.87. The van der Waals surface area contributed by atoms with E-state index in [4.69, 9.17) is 0 Å². The van der Waals surface area contributed by atoms with Crippen molar-refractivity contribution in [1.82, 2.24) is 18.8 Å². The van der Waals surface area contributed by atoms with Crippen LogP contribution in [0.25, 0.3) is 10.9 Å². The summed E-state index contributed by atoms with van der Waals surface area (Å²) >= 11 is 0. The predicted octanol–water partition coefficient (Wildman–Crippen LogP) is 1.82. The van der Waals surface area contributed by atoms with Crippen molar-refractivity contribution in [3.05, 3.63) is 65.5 Å². The lowest BCUT2D eigenvalue weighted by atomic mass is 10.1. The monoisotopic (exact) mass is 370 g/mol. The van der Waals surface area contributed by atoms with E-state index in [1.807, 2.05) is 6.07 Å². The maximum Gasteiger partial charge on any atom is 0.261 e. The molecule has 0 radical (unpaired) electrons. The van der Waals surface area contributed by atoms with Gasteiger partial charge < -0.3 is 0 Å². The van der Waals surface area contributed by atoms with Gasteiger partial charge in [0.25, 0.3) is 5.56 Å². The molecule has 0 spiro atoms. The number of piperidine rings is 1. The molecule has 1 atom stereocenters. The first-order chi connectivity index (χ1) is 12.6. The average molecular weight is 370 g/mol. The Morgan fingerprint density at radius 3 is 2.77 bits per heavy atom. The van der Waals surface area contributed by atoms with E-state index in [1.165, 1.54) is 22.9 Å². The molecule has 3 aromatic rings. The summed E-state index contributed by atoms with van der Waals surface area (Å²) in [6.07, 6.45) is 5.83. The van der Waals surface area contributed by atoms with Crippen LogP contribution in [-0.2, 0) is 10.0 Å². The maximum absolute atomic E-state index is 12.8. The van der Waals surface area contributed by atoms with Crippen molar-refractivity contribution in [1.29, 1.82) is 0 Å². The van der Waals surface area contributed by atoms with Crippen molar-refractivity contribution in [2.24, 2.45) is 0 Å². The molecule has 1 saturated heterocycles. The zero-order valence-corrected chi connectivity index (χ0v) is 14.8. The van der Waals surface area contributed by atoms with Gasteiger partial charge in [-0.25, -0.2) is 13.4 Å². The molecule has 134 valence electrons. The van der Waals surface area contributed by atoms with E-state index < -0.39 is 10.0 Å². The second-order valence-corrected chi connectivity index (χ2v) is 8.26. The summed E-state index contributed by atoms with van der Waals surface area (Å²) in [4.78, 5) is 21.2. The van der Waals surface area contributed by atoms with Crippen molar-refractivity contribution in [3.8, 4) is 0 Å². The third-order valence-electron chi connectivity index (χ3n) is 4.72. The van der Waals surface area contributed by atoms with Gasteiger partial charge in [-0.2, -0.15) is 4.31 Å². The summed E-state index contributed by atoms with van der Waals surface area (Å²) in [6.45, 7) is 0.681. The molecule has 0 saturated carbocycles. The lowest BCUT2D eigenvalue weighted by molar-refractivity contribution is 0.262. The van der Waals surface area contributed by atoms with E-state index in [0.29, 0.717) is 23.9 Å². The van der Waals surface area contributed by atoms with Crippen LogP contribution in [0.3, 0.4) is 0 Å². The number of rotatable bonds is 3. The summed E-state index contributed by atoms with van der Waals surface area (Å²) in [7, 11) is -3.62. The fraction of sp³-hybridized carbons (Fsp3) is 0.278. The number of aromatic nitrogens is 3. The van der Waals surface area contributed by atoms with E-state index in [-0.39, 0.29) is 23.0 Å². The van der Waals surface area contributed by atoms with Gasteiger partial charge in [-0.3, -0.25) is 14.3 Å². The third kappa shape index (κ3) is 2.91. The molecule has 0 aliphatic carbocycles. The summed E-state index contributed by atoms with van der Waals surface area (Å²) in [6, 6.07) is 10.1. The van der Waals surface area contributed by atoms with Gasteiger partial charge in [-0.05, 0) is 37.1 Å². The number of pyridine rings is 1. The number of sulfonamides is 1. The molecule has 4 rings (SSSR count). The Kier molecular flexibility index (Phi) is 4.29. The molecule has 0 amide bonds. The molecule has 3 heterocycles. The smallest absolute Gasteiger partial charge is 0.261 e.